The lowest BCUT2D eigenvalue weighted by molar-refractivity contribution is 0.443. The van der Waals surface area contributed by atoms with Crippen LogP contribution < -0.4 is 10.6 Å². The fourth-order valence-electron chi connectivity index (χ4n) is 2.02. The minimum Gasteiger partial charge on any atom is -0.382 e. The number of aryl methyl sites for hydroxylation is 1. The van der Waals surface area contributed by atoms with Gasteiger partial charge in [-0.15, -0.1) is 0 Å². The number of rotatable bonds is 4. The molecule has 0 unspecified atom stereocenters. The summed E-state index contributed by atoms with van der Waals surface area (Å²) in [6.07, 6.45) is 2.03. The molecule has 2 aromatic rings. The van der Waals surface area contributed by atoms with Crippen LogP contribution in [0, 0.1) is 5.41 Å². The van der Waals surface area contributed by atoms with E-state index in [-0.39, 0.29) is 5.41 Å². The van der Waals surface area contributed by atoms with Crippen molar-refractivity contribution in [3.8, 4) is 11.4 Å². The highest BCUT2D eigenvalue weighted by atomic mass is 15.0. The van der Waals surface area contributed by atoms with Crippen LogP contribution in [0.5, 0.6) is 0 Å². The van der Waals surface area contributed by atoms with Gasteiger partial charge in [0.2, 0.25) is 0 Å². The number of anilines is 2. The molecule has 0 fully saturated rings. The van der Waals surface area contributed by atoms with Crippen molar-refractivity contribution in [2.45, 2.75) is 20.8 Å². The summed E-state index contributed by atoms with van der Waals surface area (Å²) in [7, 11) is 3.93. The Morgan fingerprint density at radius 3 is 2.50 bits per heavy atom. The molecule has 0 saturated heterocycles. The van der Waals surface area contributed by atoms with Crippen molar-refractivity contribution in [2.75, 3.05) is 24.2 Å². The summed E-state index contributed by atoms with van der Waals surface area (Å²) in [5, 5.41) is 6.63. The maximum Gasteiger partial charge on any atom is 0.149 e. The van der Waals surface area contributed by atoms with Crippen LogP contribution in [0.1, 0.15) is 20.8 Å². The third-order valence-corrected chi connectivity index (χ3v) is 3.15. The van der Waals surface area contributed by atoms with Crippen LogP contribution in [-0.4, -0.2) is 23.1 Å². The first-order chi connectivity index (χ1) is 9.40. The van der Waals surface area contributed by atoms with Gasteiger partial charge in [-0.2, -0.15) is 0 Å². The molecule has 0 radical (unpaired) electrons. The third kappa shape index (κ3) is 3.32. The molecule has 0 aliphatic carbocycles. The fraction of sp³-hybridized carbons (Fsp3) is 0.438. The van der Waals surface area contributed by atoms with Crippen LogP contribution >= 0.6 is 0 Å². The Bertz CT molecular complexity index is 578. The molecule has 2 N–H and O–H groups in total. The molecule has 0 saturated carbocycles. The van der Waals surface area contributed by atoms with Gasteiger partial charge >= 0.3 is 0 Å². The zero-order chi connectivity index (χ0) is 14.8. The van der Waals surface area contributed by atoms with Gasteiger partial charge in [-0.05, 0) is 29.7 Å². The molecule has 2 aromatic heterocycles. The minimum absolute atomic E-state index is 0.238. The maximum atomic E-state index is 4.70. The fourth-order valence-corrected chi connectivity index (χ4v) is 2.02. The van der Waals surface area contributed by atoms with E-state index in [2.05, 4.69) is 54.2 Å². The van der Waals surface area contributed by atoms with E-state index in [4.69, 9.17) is 4.98 Å². The topological polar surface area (TPSA) is 41.9 Å². The third-order valence-electron chi connectivity index (χ3n) is 3.15. The predicted molar refractivity (Wildman–Crippen MR) is 86.1 cm³/mol. The van der Waals surface area contributed by atoms with E-state index in [1.807, 2.05) is 26.4 Å². The van der Waals surface area contributed by atoms with Gasteiger partial charge in [0.05, 0.1) is 17.1 Å². The second-order valence-electron chi connectivity index (χ2n) is 6.26. The van der Waals surface area contributed by atoms with E-state index in [1.165, 1.54) is 0 Å². The van der Waals surface area contributed by atoms with Crippen LogP contribution in [0.3, 0.4) is 0 Å². The normalized spacial score (nSPS) is 11.4. The van der Waals surface area contributed by atoms with Gasteiger partial charge in [0.1, 0.15) is 5.82 Å². The minimum atomic E-state index is 0.238. The lowest BCUT2D eigenvalue weighted by Crippen LogP contribution is -2.19. The summed E-state index contributed by atoms with van der Waals surface area (Å²) in [5.41, 5.74) is 3.37. The molecule has 0 aromatic carbocycles. The summed E-state index contributed by atoms with van der Waals surface area (Å²) in [4.78, 5) is 4.70. The van der Waals surface area contributed by atoms with Crippen molar-refractivity contribution in [3.05, 3.63) is 30.5 Å². The first-order valence-electron chi connectivity index (χ1n) is 6.95. The van der Waals surface area contributed by atoms with Crippen LogP contribution in [0.25, 0.3) is 11.4 Å². The van der Waals surface area contributed by atoms with E-state index in [9.17, 15) is 0 Å². The maximum absolute atomic E-state index is 4.70. The van der Waals surface area contributed by atoms with Crippen LogP contribution in [0.15, 0.2) is 30.5 Å². The van der Waals surface area contributed by atoms with E-state index in [0.717, 1.165) is 29.4 Å². The molecule has 20 heavy (non-hydrogen) atoms. The van der Waals surface area contributed by atoms with E-state index < -0.39 is 0 Å². The Balaban J connectivity index is 2.27. The molecule has 0 bridgehead atoms. The number of hydrogen-bond acceptors (Lipinski definition) is 3. The van der Waals surface area contributed by atoms with E-state index >= 15 is 0 Å². The summed E-state index contributed by atoms with van der Waals surface area (Å²) in [6.45, 7) is 7.55. The SMILES string of the molecule is CNc1nc(-c2cccn2C)ccc1NCC(C)(C)C. The highest BCUT2D eigenvalue weighted by Gasteiger charge is 2.12. The van der Waals surface area contributed by atoms with Gasteiger partial charge in [-0.25, -0.2) is 4.98 Å². The first-order valence-corrected chi connectivity index (χ1v) is 6.95. The number of aromatic nitrogens is 2. The van der Waals surface area contributed by atoms with Gasteiger partial charge in [0.25, 0.3) is 0 Å². The van der Waals surface area contributed by atoms with Crippen molar-refractivity contribution in [3.63, 3.8) is 0 Å². The summed E-state index contributed by atoms with van der Waals surface area (Å²) < 4.78 is 2.07. The Labute approximate surface area is 121 Å². The van der Waals surface area contributed by atoms with Gasteiger partial charge in [-0.1, -0.05) is 20.8 Å². The monoisotopic (exact) mass is 272 g/mol. The number of nitrogens with zero attached hydrogens (tertiary/aromatic N) is 2. The lowest BCUT2D eigenvalue weighted by Gasteiger charge is -2.21. The molecule has 4 nitrogen and oxygen atoms in total. The summed E-state index contributed by atoms with van der Waals surface area (Å²) in [5.74, 6) is 0.882. The van der Waals surface area contributed by atoms with E-state index in [1.54, 1.807) is 0 Å². The molecular weight excluding hydrogens is 248 g/mol. The average molecular weight is 272 g/mol. The van der Waals surface area contributed by atoms with Crippen molar-refractivity contribution in [1.29, 1.82) is 0 Å². The summed E-state index contributed by atoms with van der Waals surface area (Å²) in [6, 6.07) is 8.25. The molecule has 4 heteroatoms. The van der Waals surface area contributed by atoms with Gasteiger partial charge < -0.3 is 15.2 Å². The van der Waals surface area contributed by atoms with Crippen LogP contribution in [0.2, 0.25) is 0 Å². The standard InChI is InChI=1S/C16H24N4/c1-16(2,3)11-18-13-9-8-12(19-15(13)17-4)14-7-6-10-20(14)5/h6-10,18H,11H2,1-5H3,(H,17,19). The number of nitrogens with one attached hydrogen (secondary N) is 2. The van der Waals surface area contributed by atoms with Crippen LogP contribution in [0.4, 0.5) is 11.5 Å². The quantitative estimate of drug-likeness (QED) is 0.894. The van der Waals surface area contributed by atoms with Crippen molar-refractivity contribution in [1.82, 2.24) is 9.55 Å². The molecule has 0 aliphatic heterocycles. The van der Waals surface area contributed by atoms with Crippen molar-refractivity contribution in [2.24, 2.45) is 12.5 Å². The average Bonchev–Trinajstić information content (AvgIpc) is 2.81. The highest BCUT2D eigenvalue weighted by Crippen LogP contribution is 2.26. The summed E-state index contributed by atoms with van der Waals surface area (Å²) >= 11 is 0. The molecule has 108 valence electrons. The largest absolute Gasteiger partial charge is 0.382 e. The smallest absolute Gasteiger partial charge is 0.149 e. The second-order valence-corrected chi connectivity index (χ2v) is 6.26. The Hall–Kier alpha value is -1.97. The van der Waals surface area contributed by atoms with Crippen molar-refractivity contribution < 1.29 is 0 Å². The zero-order valence-corrected chi connectivity index (χ0v) is 13.0. The molecular formula is C16H24N4. The molecule has 2 rings (SSSR count). The molecule has 0 spiro atoms. The molecule has 0 atom stereocenters. The van der Waals surface area contributed by atoms with Gasteiger partial charge in [0, 0.05) is 26.8 Å². The Morgan fingerprint density at radius 1 is 1.20 bits per heavy atom. The highest BCUT2D eigenvalue weighted by molar-refractivity contribution is 5.69. The Morgan fingerprint density at radius 2 is 1.95 bits per heavy atom. The van der Waals surface area contributed by atoms with Gasteiger partial charge in [-0.3, -0.25) is 0 Å². The predicted octanol–water partition coefficient (Wildman–Crippen LogP) is 3.59. The Kier molecular flexibility index (Phi) is 4.02. The van der Waals surface area contributed by atoms with Crippen LogP contribution in [-0.2, 0) is 7.05 Å². The lowest BCUT2D eigenvalue weighted by atomic mass is 9.97. The number of pyridine rings is 1. The molecule has 2 heterocycles. The first kappa shape index (κ1) is 14.4. The van der Waals surface area contributed by atoms with Gasteiger partial charge in [0.15, 0.2) is 0 Å². The van der Waals surface area contributed by atoms with E-state index in [0.29, 0.717) is 0 Å². The molecule has 0 aliphatic rings. The number of hydrogen-bond donors (Lipinski definition) is 2. The van der Waals surface area contributed by atoms with Crippen molar-refractivity contribution >= 4 is 11.5 Å². The zero-order valence-electron chi connectivity index (χ0n) is 13.0. The second kappa shape index (κ2) is 5.57. The molecule has 0 amide bonds.